The summed E-state index contributed by atoms with van der Waals surface area (Å²) in [5.74, 6) is 0.796. The number of ether oxygens (including phenoxy) is 1. The van der Waals surface area contributed by atoms with Crippen molar-refractivity contribution in [3.63, 3.8) is 0 Å². The summed E-state index contributed by atoms with van der Waals surface area (Å²) >= 11 is 0. The molecule has 2 rings (SSSR count). The van der Waals surface area contributed by atoms with Crippen LogP contribution in [0.1, 0.15) is 13.8 Å². The first-order valence-electron chi connectivity index (χ1n) is 5.73. The molecule has 5 heteroatoms. The number of aromatic nitrogens is 3. The smallest absolute Gasteiger partial charge is 0.180 e. The fourth-order valence-corrected chi connectivity index (χ4v) is 1.54. The van der Waals surface area contributed by atoms with Crippen molar-refractivity contribution in [2.45, 2.75) is 20.0 Å². The van der Waals surface area contributed by atoms with Gasteiger partial charge in [-0.1, -0.05) is 0 Å². The van der Waals surface area contributed by atoms with Gasteiger partial charge in [-0.05, 0) is 26.0 Å². The van der Waals surface area contributed by atoms with Crippen LogP contribution in [-0.4, -0.2) is 34.2 Å². The lowest BCUT2D eigenvalue weighted by Gasteiger charge is -2.12. The highest BCUT2D eigenvalue weighted by Gasteiger charge is 2.02. The fraction of sp³-hybridized carbons (Fsp3) is 0.417. The van der Waals surface area contributed by atoms with Crippen molar-refractivity contribution >= 4 is 17.0 Å². The fourth-order valence-electron chi connectivity index (χ4n) is 1.54. The molecule has 2 heterocycles. The maximum absolute atomic E-state index is 5.43. The van der Waals surface area contributed by atoms with E-state index in [0.717, 1.165) is 24.5 Å². The SMILES string of the molecule is CCOC(C)CNc1ccc2nccnc2n1. The van der Waals surface area contributed by atoms with Crippen LogP contribution in [-0.2, 0) is 4.74 Å². The third-order valence-electron chi connectivity index (χ3n) is 2.35. The molecule has 1 atom stereocenters. The highest BCUT2D eigenvalue weighted by atomic mass is 16.5. The van der Waals surface area contributed by atoms with Crippen LogP contribution in [0.15, 0.2) is 24.5 Å². The Hall–Kier alpha value is -1.75. The topological polar surface area (TPSA) is 59.9 Å². The molecule has 0 bridgehead atoms. The van der Waals surface area contributed by atoms with Crippen LogP contribution >= 0.6 is 0 Å². The zero-order chi connectivity index (χ0) is 12.1. The summed E-state index contributed by atoms with van der Waals surface area (Å²) in [6, 6.07) is 3.80. The Bertz CT molecular complexity index is 489. The van der Waals surface area contributed by atoms with Gasteiger partial charge in [-0.3, -0.25) is 4.98 Å². The third kappa shape index (κ3) is 3.10. The Balaban J connectivity index is 2.04. The highest BCUT2D eigenvalue weighted by Crippen LogP contribution is 2.10. The third-order valence-corrected chi connectivity index (χ3v) is 2.35. The van der Waals surface area contributed by atoms with Crippen LogP contribution in [0.4, 0.5) is 5.82 Å². The number of anilines is 1. The largest absolute Gasteiger partial charge is 0.377 e. The summed E-state index contributed by atoms with van der Waals surface area (Å²) in [4.78, 5) is 12.7. The van der Waals surface area contributed by atoms with Gasteiger partial charge < -0.3 is 10.1 Å². The predicted octanol–water partition coefficient (Wildman–Crippen LogP) is 1.86. The Morgan fingerprint density at radius 2 is 2.12 bits per heavy atom. The molecule has 90 valence electrons. The van der Waals surface area contributed by atoms with E-state index in [9.17, 15) is 0 Å². The van der Waals surface area contributed by atoms with E-state index in [1.165, 1.54) is 0 Å². The van der Waals surface area contributed by atoms with Crippen LogP contribution in [0.3, 0.4) is 0 Å². The minimum atomic E-state index is 0.166. The first kappa shape index (κ1) is 11.7. The Labute approximate surface area is 100 Å². The number of pyridine rings is 1. The first-order valence-corrected chi connectivity index (χ1v) is 5.73. The van der Waals surface area contributed by atoms with E-state index in [1.807, 2.05) is 26.0 Å². The van der Waals surface area contributed by atoms with E-state index in [2.05, 4.69) is 20.3 Å². The number of nitrogens with one attached hydrogen (secondary N) is 1. The molecule has 5 nitrogen and oxygen atoms in total. The number of hydrogen-bond acceptors (Lipinski definition) is 5. The summed E-state index contributed by atoms with van der Waals surface area (Å²) in [5.41, 5.74) is 1.46. The van der Waals surface area contributed by atoms with Gasteiger partial charge in [0.15, 0.2) is 5.65 Å². The van der Waals surface area contributed by atoms with Gasteiger partial charge in [0.2, 0.25) is 0 Å². The van der Waals surface area contributed by atoms with Crippen molar-refractivity contribution in [1.29, 1.82) is 0 Å². The van der Waals surface area contributed by atoms with Crippen LogP contribution in [0, 0.1) is 0 Å². The molecule has 0 saturated heterocycles. The van der Waals surface area contributed by atoms with E-state index in [1.54, 1.807) is 12.4 Å². The van der Waals surface area contributed by atoms with Crippen molar-refractivity contribution in [3.05, 3.63) is 24.5 Å². The molecule has 0 aliphatic heterocycles. The molecule has 0 radical (unpaired) electrons. The van der Waals surface area contributed by atoms with Crippen LogP contribution < -0.4 is 5.32 Å². The lowest BCUT2D eigenvalue weighted by molar-refractivity contribution is 0.0855. The molecular formula is C12H16N4O. The van der Waals surface area contributed by atoms with Gasteiger partial charge in [0.05, 0.1) is 6.10 Å². The van der Waals surface area contributed by atoms with E-state index < -0.39 is 0 Å². The molecule has 1 N–H and O–H groups in total. The molecule has 0 fully saturated rings. The van der Waals surface area contributed by atoms with Gasteiger partial charge in [0, 0.05) is 25.5 Å². The molecule has 0 saturated carbocycles. The Kier molecular flexibility index (Phi) is 3.82. The maximum Gasteiger partial charge on any atom is 0.180 e. The zero-order valence-corrected chi connectivity index (χ0v) is 10.1. The van der Waals surface area contributed by atoms with E-state index in [-0.39, 0.29) is 6.10 Å². The minimum absolute atomic E-state index is 0.166. The molecule has 2 aromatic rings. The number of nitrogens with zero attached hydrogens (tertiary/aromatic N) is 3. The number of hydrogen-bond donors (Lipinski definition) is 1. The van der Waals surface area contributed by atoms with Gasteiger partial charge in [-0.15, -0.1) is 0 Å². The van der Waals surface area contributed by atoms with Crippen molar-refractivity contribution in [2.75, 3.05) is 18.5 Å². The van der Waals surface area contributed by atoms with Gasteiger partial charge in [0.25, 0.3) is 0 Å². The molecule has 0 aliphatic carbocycles. The standard InChI is InChI=1S/C12H16N4O/c1-3-17-9(2)8-15-11-5-4-10-12(16-11)14-7-6-13-10/h4-7,9H,3,8H2,1-2H3,(H,14,15,16). The van der Waals surface area contributed by atoms with E-state index in [4.69, 9.17) is 4.74 Å². The van der Waals surface area contributed by atoms with Crippen molar-refractivity contribution in [1.82, 2.24) is 15.0 Å². The van der Waals surface area contributed by atoms with Crippen molar-refractivity contribution < 1.29 is 4.74 Å². The number of fused-ring (bicyclic) bond motifs is 1. The minimum Gasteiger partial charge on any atom is -0.377 e. The zero-order valence-electron chi connectivity index (χ0n) is 10.1. The molecule has 2 aromatic heterocycles. The second-order valence-corrected chi connectivity index (χ2v) is 3.74. The normalized spacial score (nSPS) is 12.6. The number of rotatable bonds is 5. The van der Waals surface area contributed by atoms with Gasteiger partial charge >= 0.3 is 0 Å². The lowest BCUT2D eigenvalue weighted by Crippen LogP contribution is -2.20. The molecule has 0 aliphatic rings. The molecule has 17 heavy (non-hydrogen) atoms. The highest BCUT2D eigenvalue weighted by molar-refractivity contribution is 5.71. The Morgan fingerprint density at radius 1 is 1.29 bits per heavy atom. The van der Waals surface area contributed by atoms with Crippen LogP contribution in [0.5, 0.6) is 0 Å². The van der Waals surface area contributed by atoms with Crippen LogP contribution in [0.2, 0.25) is 0 Å². The molecular weight excluding hydrogens is 216 g/mol. The molecule has 0 amide bonds. The summed E-state index contributed by atoms with van der Waals surface area (Å²) in [6.07, 6.45) is 3.47. The summed E-state index contributed by atoms with van der Waals surface area (Å²) in [5, 5.41) is 3.22. The summed E-state index contributed by atoms with van der Waals surface area (Å²) in [7, 11) is 0. The summed E-state index contributed by atoms with van der Waals surface area (Å²) in [6.45, 7) is 5.46. The van der Waals surface area contributed by atoms with Crippen LogP contribution in [0.25, 0.3) is 11.2 Å². The second-order valence-electron chi connectivity index (χ2n) is 3.74. The average molecular weight is 232 g/mol. The van der Waals surface area contributed by atoms with Gasteiger partial charge in [-0.25, -0.2) is 9.97 Å². The van der Waals surface area contributed by atoms with E-state index in [0.29, 0.717) is 5.65 Å². The van der Waals surface area contributed by atoms with Gasteiger partial charge in [0.1, 0.15) is 11.3 Å². The van der Waals surface area contributed by atoms with E-state index >= 15 is 0 Å². The second kappa shape index (κ2) is 5.54. The van der Waals surface area contributed by atoms with Crippen molar-refractivity contribution in [3.8, 4) is 0 Å². The quantitative estimate of drug-likeness (QED) is 0.852. The molecule has 0 spiro atoms. The first-order chi connectivity index (χ1) is 8.29. The molecule has 1 unspecified atom stereocenters. The monoisotopic (exact) mass is 232 g/mol. The predicted molar refractivity (Wildman–Crippen MR) is 66.9 cm³/mol. The molecule has 0 aromatic carbocycles. The maximum atomic E-state index is 5.43. The van der Waals surface area contributed by atoms with Gasteiger partial charge in [-0.2, -0.15) is 0 Å². The summed E-state index contributed by atoms with van der Waals surface area (Å²) < 4.78 is 5.43. The average Bonchev–Trinajstić information content (AvgIpc) is 2.36. The van der Waals surface area contributed by atoms with Crippen molar-refractivity contribution in [2.24, 2.45) is 0 Å². The lowest BCUT2D eigenvalue weighted by atomic mass is 10.3. The Morgan fingerprint density at radius 3 is 2.94 bits per heavy atom.